The van der Waals surface area contributed by atoms with Crippen LogP contribution in [0, 0.1) is 11.7 Å². The SMILES string of the molecule is CS(=O)(=O)c1ccc(OCC2CCC(N3CC4CC[C@H](C3)N4C(=O)O)CC2)c(F)c1. The van der Waals surface area contributed by atoms with Crippen LogP contribution < -0.4 is 4.74 Å². The molecule has 0 spiro atoms. The van der Waals surface area contributed by atoms with Crippen molar-refractivity contribution < 1.29 is 27.4 Å². The smallest absolute Gasteiger partial charge is 0.407 e. The molecule has 7 nitrogen and oxygen atoms in total. The number of hydrogen-bond donors (Lipinski definition) is 1. The van der Waals surface area contributed by atoms with Gasteiger partial charge in [0.05, 0.1) is 11.5 Å². The first-order chi connectivity index (χ1) is 14.2. The molecule has 3 aliphatic rings. The van der Waals surface area contributed by atoms with E-state index in [1.807, 2.05) is 0 Å². The molecule has 0 radical (unpaired) electrons. The maximum atomic E-state index is 14.2. The molecule has 1 aromatic rings. The number of ether oxygens (including phenoxy) is 1. The van der Waals surface area contributed by atoms with Crippen molar-refractivity contribution >= 4 is 15.9 Å². The average Bonchev–Trinajstić information content (AvgIpc) is 2.97. The number of rotatable bonds is 5. The lowest BCUT2D eigenvalue weighted by molar-refractivity contribution is 0.0261. The van der Waals surface area contributed by atoms with E-state index in [2.05, 4.69) is 4.90 Å². The zero-order valence-corrected chi connectivity index (χ0v) is 18.0. The lowest BCUT2D eigenvalue weighted by Crippen LogP contribution is -2.58. The minimum Gasteiger partial charge on any atom is -0.490 e. The number of nitrogens with zero attached hydrogens (tertiary/aromatic N) is 2. The van der Waals surface area contributed by atoms with Crippen molar-refractivity contribution in [3.05, 3.63) is 24.0 Å². The van der Waals surface area contributed by atoms with E-state index in [1.54, 1.807) is 4.90 Å². The molecule has 1 aromatic carbocycles. The predicted molar refractivity (Wildman–Crippen MR) is 109 cm³/mol. The lowest BCUT2D eigenvalue weighted by Gasteiger charge is -2.45. The molecule has 3 fully saturated rings. The van der Waals surface area contributed by atoms with Gasteiger partial charge in [-0.3, -0.25) is 9.80 Å². The summed E-state index contributed by atoms with van der Waals surface area (Å²) in [6.07, 6.45) is 6.23. The highest BCUT2D eigenvalue weighted by molar-refractivity contribution is 7.90. The van der Waals surface area contributed by atoms with Crippen molar-refractivity contribution in [2.24, 2.45) is 5.92 Å². The molecule has 1 amide bonds. The van der Waals surface area contributed by atoms with Crippen molar-refractivity contribution in [1.29, 1.82) is 0 Å². The molecule has 2 bridgehead atoms. The maximum absolute atomic E-state index is 14.2. The molecule has 1 N–H and O–H groups in total. The van der Waals surface area contributed by atoms with Crippen molar-refractivity contribution in [2.75, 3.05) is 26.0 Å². The van der Waals surface area contributed by atoms with Crippen LogP contribution in [0.15, 0.2) is 23.1 Å². The third-order valence-corrected chi connectivity index (χ3v) is 7.98. The highest BCUT2D eigenvalue weighted by atomic mass is 32.2. The number of carbonyl (C=O) groups is 1. The highest BCUT2D eigenvalue weighted by Crippen LogP contribution is 2.35. The molecule has 1 unspecified atom stereocenters. The quantitative estimate of drug-likeness (QED) is 0.758. The van der Waals surface area contributed by atoms with Gasteiger partial charge in [0.25, 0.3) is 0 Å². The zero-order valence-electron chi connectivity index (χ0n) is 17.2. The molecule has 9 heteroatoms. The number of hydrogen-bond acceptors (Lipinski definition) is 5. The fourth-order valence-electron chi connectivity index (χ4n) is 5.26. The number of sulfone groups is 1. The highest BCUT2D eigenvalue weighted by Gasteiger charge is 2.44. The summed E-state index contributed by atoms with van der Waals surface area (Å²) in [5, 5.41) is 9.41. The number of amides is 1. The van der Waals surface area contributed by atoms with Gasteiger partial charge in [0.15, 0.2) is 21.4 Å². The van der Waals surface area contributed by atoms with E-state index >= 15 is 0 Å². The van der Waals surface area contributed by atoms with Crippen LogP contribution in [-0.2, 0) is 9.84 Å². The van der Waals surface area contributed by atoms with E-state index in [0.717, 1.165) is 63.9 Å². The molecule has 1 saturated carbocycles. The van der Waals surface area contributed by atoms with Gasteiger partial charge in [-0.2, -0.15) is 0 Å². The molecule has 166 valence electrons. The zero-order chi connectivity index (χ0) is 21.5. The topological polar surface area (TPSA) is 87.2 Å². The molecule has 0 aromatic heterocycles. The second-order valence-corrected chi connectivity index (χ2v) is 10.9. The van der Waals surface area contributed by atoms with E-state index in [0.29, 0.717) is 18.6 Å². The van der Waals surface area contributed by atoms with E-state index in [9.17, 15) is 22.7 Å². The van der Waals surface area contributed by atoms with Crippen LogP contribution in [0.3, 0.4) is 0 Å². The van der Waals surface area contributed by atoms with Crippen LogP contribution in [0.5, 0.6) is 5.75 Å². The first-order valence-electron chi connectivity index (χ1n) is 10.6. The fourth-order valence-corrected chi connectivity index (χ4v) is 5.89. The van der Waals surface area contributed by atoms with Gasteiger partial charge in [-0.1, -0.05) is 0 Å². The molecular formula is C21H29FN2O5S. The van der Waals surface area contributed by atoms with Gasteiger partial charge in [0, 0.05) is 37.5 Å². The summed E-state index contributed by atoms with van der Waals surface area (Å²) >= 11 is 0. The van der Waals surface area contributed by atoms with E-state index in [1.165, 1.54) is 12.1 Å². The Hall–Kier alpha value is -1.87. The summed E-state index contributed by atoms with van der Waals surface area (Å²) in [6, 6.07) is 4.49. The maximum Gasteiger partial charge on any atom is 0.407 e. The molecular weight excluding hydrogens is 411 g/mol. The Labute approximate surface area is 176 Å². The predicted octanol–water partition coefficient (Wildman–Crippen LogP) is 2.99. The Balaban J connectivity index is 1.26. The van der Waals surface area contributed by atoms with Crippen molar-refractivity contribution in [3.63, 3.8) is 0 Å². The van der Waals surface area contributed by atoms with Gasteiger partial charge in [-0.15, -0.1) is 0 Å². The Morgan fingerprint density at radius 3 is 2.23 bits per heavy atom. The number of carboxylic acid groups (broad SMARTS) is 1. The van der Waals surface area contributed by atoms with Crippen molar-refractivity contribution in [3.8, 4) is 5.75 Å². The minimum atomic E-state index is -3.44. The van der Waals surface area contributed by atoms with Gasteiger partial charge in [-0.25, -0.2) is 17.6 Å². The van der Waals surface area contributed by atoms with Crippen LogP contribution >= 0.6 is 0 Å². The molecule has 2 saturated heterocycles. The second kappa shape index (κ2) is 8.34. The van der Waals surface area contributed by atoms with Crippen LogP contribution in [0.25, 0.3) is 0 Å². The first-order valence-corrected chi connectivity index (χ1v) is 12.5. The Morgan fingerprint density at radius 2 is 1.70 bits per heavy atom. The van der Waals surface area contributed by atoms with E-state index in [4.69, 9.17) is 4.74 Å². The fraction of sp³-hybridized carbons (Fsp3) is 0.667. The van der Waals surface area contributed by atoms with Gasteiger partial charge in [0.1, 0.15) is 0 Å². The van der Waals surface area contributed by atoms with Crippen LogP contribution in [-0.4, -0.2) is 73.5 Å². The number of likely N-dealkylation sites (tertiary alicyclic amines) is 1. The summed E-state index contributed by atoms with van der Waals surface area (Å²) in [7, 11) is -3.44. The molecule has 2 heterocycles. The molecule has 30 heavy (non-hydrogen) atoms. The third-order valence-electron chi connectivity index (χ3n) is 6.87. The van der Waals surface area contributed by atoms with Crippen LogP contribution in [0.4, 0.5) is 9.18 Å². The summed E-state index contributed by atoms with van der Waals surface area (Å²) in [5.41, 5.74) is 0. The lowest BCUT2D eigenvalue weighted by atomic mass is 9.85. The summed E-state index contributed by atoms with van der Waals surface area (Å²) in [4.78, 5) is 15.5. The largest absolute Gasteiger partial charge is 0.490 e. The summed E-state index contributed by atoms with van der Waals surface area (Å²) < 4.78 is 42.8. The minimum absolute atomic E-state index is 0.0511. The molecule has 2 atom stereocenters. The van der Waals surface area contributed by atoms with Crippen LogP contribution in [0.2, 0.25) is 0 Å². The monoisotopic (exact) mass is 440 g/mol. The third kappa shape index (κ3) is 4.42. The second-order valence-electron chi connectivity index (χ2n) is 8.88. The van der Waals surface area contributed by atoms with E-state index < -0.39 is 21.7 Å². The Kier molecular flexibility index (Phi) is 5.94. The Bertz CT molecular complexity index is 887. The molecule has 4 rings (SSSR count). The van der Waals surface area contributed by atoms with Gasteiger partial charge >= 0.3 is 6.09 Å². The number of halogens is 1. The van der Waals surface area contributed by atoms with Gasteiger partial charge in [0.2, 0.25) is 0 Å². The Morgan fingerprint density at radius 1 is 1.10 bits per heavy atom. The standard InChI is InChI=1S/C21H29FN2O5S/c1-30(27,28)18-8-9-20(19(22)10-18)29-13-14-2-4-15(5-3-14)23-11-16-6-7-17(12-23)24(16)21(25)26/h8-10,14-17H,2-7,11-13H2,1H3,(H,25,26)/t14?,15?,16-,17?/m1/s1. The van der Waals surface area contributed by atoms with E-state index in [-0.39, 0.29) is 22.7 Å². The van der Waals surface area contributed by atoms with Crippen LogP contribution in [0.1, 0.15) is 38.5 Å². The molecule has 2 aliphatic heterocycles. The molecule has 1 aliphatic carbocycles. The number of piperazine rings is 1. The number of benzene rings is 1. The number of fused-ring (bicyclic) bond motifs is 2. The van der Waals surface area contributed by atoms with Crippen molar-refractivity contribution in [1.82, 2.24) is 9.80 Å². The first kappa shape index (κ1) is 21.4. The summed E-state index contributed by atoms with van der Waals surface area (Å²) in [6.45, 7) is 2.07. The van der Waals surface area contributed by atoms with Crippen molar-refractivity contribution in [2.45, 2.75) is 61.5 Å². The van der Waals surface area contributed by atoms with Gasteiger partial charge < -0.3 is 9.84 Å². The normalized spacial score (nSPS) is 29.7. The summed E-state index contributed by atoms with van der Waals surface area (Å²) in [5.74, 6) is -0.225. The average molecular weight is 441 g/mol. The van der Waals surface area contributed by atoms with Gasteiger partial charge in [-0.05, 0) is 62.6 Å².